The van der Waals surface area contributed by atoms with Gasteiger partial charge >= 0.3 is 0 Å². The van der Waals surface area contributed by atoms with Crippen LogP contribution in [0.2, 0.25) is 0 Å². The first-order valence-corrected chi connectivity index (χ1v) is 9.62. The Hall–Kier alpha value is -2.22. The van der Waals surface area contributed by atoms with Gasteiger partial charge in [0.15, 0.2) is 5.78 Å². The topological polar surface area (TPSA) is 62.2 Å². The van der Waals surface area contributed by atoms with Gasteiger partial charge in [0.05, 0.1) is 28.9 Å². The standard InChI is InChI=1S/C19H21N5OS/c1-23-4-6-24(7-5-23)12-16(25)9-19-21-10-15-3-2-14(8-17(15)22-19)18-11-20-13-26-18/h2-3,8,10-11,13H,4-7,9,12H2,1H3. The average molecular weight is 367 g/mol. The van der Waals surface area contributed by atoms with Crippen LogP contribution in [0.4, 0.5) is 0 Å². The van der Waals surface area contributed by atoms with E-state index in [1.165, 1.54) is 0 Å². The second-order valence-corrected chi connectivity index (χ2v) is 7.61. The molecule has 3 aromatic rings. The summed E-state index contributed by atoms with van der Waals surface area (Å²) in [5, 5.41) is 0.980. The summed E-state index contributed by atoms with van der Waals surface area (Å²) < 4.78 is 0. The van der Waals surface area contributed by atoms with E-state index < -0.39 is 0 Å². The molecule has 7 heteroatoms. The zero-order chi connectivity index (χ0) is 17.9. The van der Waals surface area contributed by atoms with Gasteiger partial charge in [0.1, 0.15) is 5.82 Å². The minimum Gasteiger partial charge on any atom is -0.304 e. The molecule has 1 saturated heterocycles. The number of Topliss-reactive ketones (excluding diaryl/α,β-unsaturated/α-hetero) is 1. The maximum Gasteiger partial charge on any atom is 0.154 e. The summed E-state index contributed by atoms with van der Waals surface area (Å²) in [5.74, 6) is 0.769. The number of fused-ring (bicyclic) bond motifs is 1. The molecule has 0 atom stereocenters. The summed E-state index contributed by atoms with van der Waals surface area (Å²) in [6.07, 6.45) is 3.94. The number of piperazine rings is 1. The number of aromatic nitrogens is 3. The van der Waals surface area contributed by atoms with Crippen LogP contribution in [-0.2, 0) is 11.2 Å². The Labute approximate surface area is 156 Å². The zero-order valence-electron chi connectivity index (χ0n) is 14.8. The largest absolute Gasteiger partial charge is 0.304 e. The molecule has 0 aliphatic carbocycles. The fraction of sp³-hybridized carbons (Fsp3) is 0.368. The molecular formula is C19H21N5OS. The van der Waals surface area contributed by atoms with Crippen LogP contribution in [0, 0.1) is 0 Å². The molecule has 134 valence electrons. The van der Waals surface area contributed by atoms with Crippen LogP contribution in [0.15, 0.2) is 36.1 Å². The van der Waals surface area contributed by atoms with E-state index in [9.17, 15) is 4.79 Å². The number of likely N-dealkylation sites (N-methyl/N-ethyl adjacent to an activating group) is 1. The number of hydrogen-bond acceptors (Lipinski definition) is 7. The predicted octanol–water partition coefficient (Wildman–Crippen LogP) is 2.11. The van der Waals surface area contributed by atoms with Gasteiger partial charge < -0.3 is 4.90 Å². The van der Waals surface area contributed by atoms with E-state index in [4.69, 9.17) is 0 Å². The fourth-order valence-corrected chi connectivity index (χ4v) is 3.77. The highest BCUT2D eigenvalue weighted by Gasteiger charge is 2.17. The highest BCUT2D eigenvalue weighted by atomic mass is 32.1. The molecule has 2 aromatic heterocycles. The Balaban J connectivity index is 1.47. The Kier molecular flexibility index (Phi) is 5.01. The molecule has 1 aromatic carbocycles. The van der Waals surface area contributed by atoms with Gasteiger partial charge in [-0.25, -0.2) is 9.97 Å². The minimum absolute atomic E-state index is 0.174. The molecule has 1 aliphatic heterocycles. The van der Waals surface area contributed by atoms with Gasteiger partial charge in [-0.2, -0.15) is 0 Å². The van der Waals surface area contributed by atoms with Crippen molar-refractivity contribution >= 4 is 28.0 Å². The summed E-state index contributed by atoms with van der Waals surface area (Å²) in [7, 11) is 2.11. The van der Waals surface area contributed by atoms with E-state index >= 15 is 0 Å². The van der Waals surface area contributed by atoms with Crippen LogP contribution < -0.4 is 0 Å². The molecule has 4 rings (SSSR count). The number of carbonyl (C=O) groups is 1. The lowest BCUT2D eigenvalue weighted by molar-refractivity contribution is -0.120. The van der Waals surface area contributed by atoms with Crippen molar-refractivity contribution in [2.24, 2.45) is 0 Å². The molecule has 26 heavy (non-hydrogen) atoms. The Morgan fingerprint density at radius 2 is 2.04 bits per heavy atom. The number of thiazole rings is 1. The molecule has 0 amide bonds. The van der Waals surface area contributed by atoms with E-state index in [2.05, 4.69) is 37.9 Å². The second kappa shape index (κ2) is 7.57. The quantitative estimate of drug-likeness (QED) is 0.688. The summed E-state index contributed by atoms with van der Waals surface area (Å²) >= 11 is 1.60. The number of nitrogens with zero attached hydrogens (tertiary/aromatic N) is 5. The van der Waals surface area contributed by atoms with E-state index in [1.54, 1.807) is 17.5 Å². The number of carbonyl (C=O) groups excluding carboxylic acids is 1. The summed E-state index contributed by atoms with van der Waals surface area (Å²) in [6.45, 7) is 4.40. The van der Waals surface area contributed by atoms with Crippen molar-refractivity contribution in [3.8, 4) is 10.4 Å². The molecular weight excluding hydrogens is 346 g/mol. The SMILES string of the molecule is CN1CCN(CC(=O)Cc2ncc3ccc(-c4cncs4)cc3n2)CC1. The van der Waals surface area contributed by atoms with Gasteiger partial charge in [-0.15, -0.1) is 11.3 Å². The van der Waals surface area contributed by atoms with Gasteiger partial charge in [0, 0.05) is 44.0 Å². The first-order valence-electron chi connectivity index (χ1n) is 8.74. The average Bonchev–Trinajstić information content (AvgIpc) is 3.18. The van der Waals surface area contributed by atoms with Gasteiger partial charge in [-0.3, -0.25) is 14.7 Å². The summed E-state index contributed by atoms with van der Waals surface area (Å²) in [4.78, 5) is 31.1. The number of ketones is 1. The van der Waals surface area contributed by atoms with Crippen LogP contribution >= 0.6 is 11.3 Å². The fourth-order valence-electron chi connectivity index (χ4n) is 3.15. The molecule has 6 nitrogen and oxygen atoms in total. The zero-order valence-corrected chi connectivity index (χ0v) is 15.6. The van der Waals surface area contributed by atoms with Crippen molar-refractivity contribution in [1.29, 1.82) is 0 Å². The Morgan fingerprint density at radius 1 is 1.19 bits per heavy atom. The van der Waals surface area contributed by atoms with E-state index in [-0.39, 0.29) is 12.2 Å². The number of benzene rings is 1. The monoisotopic (exact) mass is 367 g/mol. The third-order valence-electron chi connectivity index (χ3n) is 4.70. The second-order valence-electron chi connectivity index (χ2n) is 6.72. The smallest absolute Gasteiger partial charge is 0.154 e. The van der Waals surface area contributed by atoms with Crippen LogP contribution in [-0.4, -0.2) is 70.3 Å². The molecule has 0 saturated carbocycles. The lowest BCUT2D eigenvalue weighted by Gasteiger charge is -2.31. The molecule has 3 heterocycles. The molecule has 1 aliphatic rings. The number of hydrogen-bond donors (Lipinski definition) is 0. The lowest BCUT2D eigenvalue weighted by atomic mass is 10.1. The van der Waals surface area contributed by atoms with Crippen LogP contribution in [0.1, 0.15) is 5.82 Å². The molecule has 0 spiro atoms. The van der Waals surface area contributed by atoms with Crippen molar-refractivity contribution < 1.29 is 4.79 Å². The van der Waals surface area contributed by atoms with Crippen molar-refractivity contribution in [2.45, 2.75) is 6.42 Å². The van der Waals surface area contributed by atoms with Gasteiger partial charge in [0.25, 0.3) is 0 Å². The summed E-state index contributed by atoms with van der Waals surface area (Å²) in [6, 6.07) is 6.11. The van der Waals surface area contributed by atoms with Gasteiger partial charge in [-0.05, 0) is 18.7 Å². The maximum atomic E-state index is 12.4. The highest BCUT2D eigenvalue weighted by molar-refractivity contribution is 7.13. The molecule has 0 bridgehead atoms. The Morgan fingerprint density at radius 3 is 2.81 bits per heavy atom. The number of rotatable bonds is 5. The van der Waals surface area contributed by atoms with Gasteiger partial charge in [-0.1, -0.05) is 12.1 Å². The Bertz CT molecular complexity index is 903. The van der Waals surface area contributed by atoms with Gasteiger partial charge in [0.2, 0.25) is 0 Å². The lowest BCUT2D eigenvalue weighted by Crippen LogP contribution is -2.46. The minimum atomic E-state index is 0.174. The van der Waals surface area contributed by atoms with E-state index in [0.29, 0.717) is 12.4 Å². The van der Waals surface area contributed by atoms with Crippen molar-refractivity contribution in [2.75, 3.05) is 39.8 Å². The first kappa shape index (κ1) is 17.2. The maximum absolute atomic E-state index is 12.4. The first-order chi connectivity index (χ1) is 12.7. The highest BCUT2D eigenvalue weighted by Crippen LogP contribution is 2.26. The van der Waals surface area contributed by atoms with Crippen molar-refractivity contribution in [1.82, 2.24) is 24.8 Å². The van der Waals surface area contributed by atoms with Crippen LogP contribution in [0.25, 0.3) is 21.3 Å². The summed E-state index contributed by atoms with van der Waals surface area (Å²) in [5.41, 5.74) is 3.78. The molecule has 1 fully saturated rings. The van der Waals surface area contributed by atoms with Crippen molar-refractivity contribution in [3.63, 3.8) is 0 Å². The predicted molar refractivity (Wildman–Crippen MR) is 103 cm³/mol. The third kappa shape index (κ3) is 3.95. The van der Waals surface area contributed by atoms with Crippen molar-refractivity contribution in [3.05, 3.63) is 41.9 Å². The molecule has 0 N–H and O–H groups in total. The van der Waals surface area contributed by atoms with E-state index in [1.807, 2.05) is 23.8 Å². The van der Waals surface area contributed by atoms with E-state index in [0.717, 1.165) is 47.5 Å². The molecule has 0 unspecified atom stereocenters. The molecule has 0 radical (unpaired) electrons. The normalized spacial score (nSPS) is 16.2. The van der Waals surface area contributed by atoms with Crippen LogP contribution in [0.3, 0.4) is 0 Å². The van der Waals surface area contributed by atoms with Crippen LogP contribution in [0.5, 0.6) is 0 Å². The third-order valence-corrected chi connectivity index (χ3v) is 5.52.